The van der Waals surface area contributed by atoms with Gasteiger partial charge >= 0.3 is 0 Å². The topological polar surface area (TPSA) is 18.5 Å². The van der Waals surface area contributed by atoms with Crippen molar-refractivity contribution in [3.8, 4) is 0 Å². The average Bonchev–Trinajstić information content (AvgIpc) is 2.78. The van der Waals surface area contributed by atoms with Crippen molar-refractivity contribution in [2.75, 3.05) is 50.0 Å². The van der Waals surface area contributed by atoms with E-state index in [9.17, 15) is 0 Å². The Hall–Kier alpha value is -0.740. The fourth-order valence-electron chi connectivity index (χ4n) is 2.61. The van der Waals surface area contributed by atoms with Crippen LogP contribution in [0.15, 0.2) is 16.6 Å². The fourth-order valence-corrected chi connectivity index (χ4v) is 3.24. The van der Waals surface area contributed by atoms with E-state index in [1.807, 2.05) is 0 Å². The van der Waals surface area contributed by atoms with Gasteiger partial charge in [0.1, 0.15) is 0 Å². The molecule has 0 aliphatic carbocycles. The molecule has 1 N–H and O–H groups in total. The highest BCUT2D eigenvalue weighted by Crippen LogP contribution is 2.35. The van der Waals surface area contributed by atoms with E-state index in [0.29, 0.717) is 0 Å². The normalized spacial score (nSPS) is 20.2. The summed E-state index contributed by atoms with van der Waals surface area (Å²) in [6.07, 6.45) is 1.15. The van der Waals surface area contributed by atoms with Crippen LogP contribution in [-0.2, 0) is 6.42 Å². The van der Waals surface area contributed by atoms with E-state index in [2.05, 4.69) is 50.2 Å². The number of halogens is 1. The quantitative estimate of drug-likeness (QED) is 0.857. The molecule has 4 heteroatoms. The van der Waals surface area contributed by atoms with Gasteiger partial charge in [0, 0.05) is 42.9 Å². The second-order valence-electron chi connectivity index (χ2n) is 4.93. The SMILES string of the molecule is CN1CCN(c2cc(Br)c3c(c2)CCN3)CC1. The lowest BCUT2D eigenvalue weighted by molar-refractivity contribution is 0.313. The molecule has 0 unspecified atom stereocenters. The zero-order valence-electron chi connectivity index (χ0n) is 10.2. The minimum Gasteiger partial charge on any atom is -0.384 e. The monoisotopic (exact) mass is 295 g/mol. The lowest BCUT2D eigenvalue weighted by atomic mass is 10.1. The van der Waals surface area contributed by atoms with Gasteiger partial charge in [0.15, 0.2) is 0 Å². The number of hydrogen-bond donors (Lipinski definition) is 1. The van der Waals surface area contributed by atoms with Crippen LogP contribution in [0.5, 0.6) is 0 Å². The first-order valence-corrected chi connectivity index (χ1v) is 7.03. The number of nitrogens with one attached hydrogen (secondary N) is 1. The summed E-state index contributed by atoms with van der Waals surface area (Å²) in [6.45, 7) is 5.66. The maximum atomic E-state index is 3.68. The molecule has 3 rings (SSSR count). The number of anilines is 2. The van der Waals surface area contributed by atoms with Crippen molar-refractivity contribution < 1.29 is 0 Å². The Balaban J connectivity index is 1.86. The Morgan fingerprint density at radius 1 is 1.18 bits per heavy atom. The van der Waals surface area contributed by atoms with Crippen LogP contribution in [0.4, 0.5) is 11.4 Å². The summed E-state index contributed by atoms with van der Waals surface area (Å²) in [5.74, 6) is 0. The van der Waals surface area contributed by atoms with Gasteiger partial charge in [-0.05, 0) is 47.1 Å². The van der Waals surface area contributed by atoms with Crippen LogP contribution in [0, 0.1) is 0 Å². The van der Waals surface area contributed by atoms with Gasteiger partial charge in [0.05, 0.1) is 5.69 Å². The summed E-state index contributed by atoms with van der Waals surface area (Å²) in [4.78, 5) is 4.88. The van der Waals surface area contributed by atoms with Gasteiger partial charge in [0.2, 0.25) is 0 Å². The zero-order chi connectivity index (χ0) is 11.8. The van der Waals surface area contributed by atoms with Crippen LogP contribution < -0.4 is 10.2 Å². The molecule has 0 bridgehead atoms. The van der Waals surface area contributed by atoms with Crippen molar-refractivity contribution in [1.29, 1.82) is 0 Å². The second-order valence-corrected chi connectivity index (χ2v) is 5.78. The highest BCUT2D eigenvalue weighted by molar-refractivity contribution is 9.10. The van der Waals surface area contributed by atoms with Crippen molar-refractivity contribution in [3.63, 3.8) is 0 Å². The predicted octanol–water partition coefficient (Wildman–Crippen LogP) is 2.17. The molecule has 0 amide bonds. The van der Waals surface area contributed by atoms with E-state index >= 15 is 0 Å². The minimum atomic E-state index is 1.07. The second kappa shape index (κ2) is 4.50. The molecule has 17 heavy (non-hydrogen) atoms. The summed E-state index contributed by atoms with van der Waals surface area (Å²) in [7, 11) is 2.19. The number of piperazine rings is 1. The summed E-state index contributed by atoms with van der Waals surface area (Å²) in [5.41, 5.74) is 4.11. The summed E-state index contributed by atoms with van der Waals surface area (Å²) in [5, 5.41) is 3.43. The smallest absolute Gasteiger partial charge is 0.0519 e. The molecule has 0 aromatic heterocycles. The lowest BCUT2D eigenvalue weighted by Crippen LogP contribution is -2.44. The van der Waals surface area contributed by atoms with Crippen LogP contribution >= 0.6 is 15.9 Å². The molecule has 0 saturated carbocycles. The van der Waals surface area contributed by atoms with Crippen LogP contribution in [0.3, 0.4) is 0 Å². The molecular weight excluding hydrogens is 278 g/mol. The Labute approximate surface area is 111 Å². The van der Waals surface area contributed by atoms with Crippen LogP contribution in [-0.4, -0.2) is 44.7 Å². The van der Waals surface area contributed by atoms with Crippen LogP contribution in [0.25, 0.3) is 0 Å². The highest BCUT2D eigenvalue weighted by Gasteiger charge is 2.19. The molecule has 2 aliphatic heterocycles. The van der Waals surface area contributed by atoms with Gasteiger partial charge in [-0.3, -0.25) is 0 Å². The average molecular weight is 296 g/mol. The van der Waals surface area contributed by atoms with Gasteiger partial charge in [-0.1, -0.05) is 0 Å². The van der Waals surface area contributed by atoms with Gasteiger partial charge in [-0.25, -0.2) is 0 Å². The number of rotatable bonds is 1. The molecule has 1 aromatic carbocycles. The Bertz CT molecular complexity index is 425. The molecule has 2 aliphatic rings. The maximum absolute atomic E-state index is 3.68. The molecular formula is C13H18BrN3. The van der Waals surface area contributed by atoms with Gasteiger partial charge in [-0.15, -0.1) is 0 Å². The van der Waals surface area contributed by atoms with E-state index in [1.54, 1.807) is 0 Å². The van der Waals surface area contributed by atoms with E-state index in [4.69, 9.17) is 0 Å². The van der Waals surface area contributed by atoms with Crippen molar-refractivity contribution >= 4 is 27.3 Å². The molecule has 0 atom stereocenters. The van der Waals surface area contributed by atoms with Crippen LogP contribution in [0.1, 0.15) is 5.56 Å². The van der Waals surface area contributed by atoms with Gasteiger partial charge in [0.25, 0.3) is 0 Å². The van der Waals surface area contributed by atoms with Gasteiger partial charge in [-0.2, -0.15) is 0 Å². The third kappa shape index (κ3) is 2.16. The largest absolute Gasteiger partial charge is 0.384 e. The number of hydrogen-bond acceptors (Lipinski definition) is 3. The lowest BCUT2D eigenvalue weighted by Gasteiger charge is -2.34. The first-order valence-electron chi connectivity index (χ1n) is 6.24. The predicted molar refractivity (Wildman–Crippen MR) is 76.0 cm³/mol. The maximum Gasteiger partial charge on any atom is 0.0519 e. The minimum absolute atomic E-state index is 1.07. The van der Waals surface area contributed by atoms with Crippen molar-refractivity contribution in [3.05, 3.63) is 22.2 Å². The molecule has 1 aromatic rings. The first kappa shape index (κ1) is 11.4. The van der Waals surface area contributed by atoms with Crippen molar-refractivity contribution in [2.45, 2.75) is 6.42 Å². The standard InChI is InChI=1S/C13H18BrN3/c1-16-4-6-17(7-5-16)11-8-10-2-3-15-13(10)12(14)9-11/h8-9,15H,2-7H2,1H3. The number of benzene rings is 1. The van der Waals surface area contributed by atoms with Crippen molar-refractivity contribution in [2.24, 2.45) is 0 Å². The van der Waals surface area contributed by atoms with E-state index in [0.717, 1.165) is 39.1 Å². The Morgan fingerprint density at radius 2 is 1.94 bits per heavy atom. The highest BCUT2D eigenvalue weighted by atomic mass is 79.9. The van der Waals surface area contributed by atoms with Gasteiger partial charge < -0.3 is 15.1 Å². The molecule has 1 fully saturated rings. The molecule has 92 valence electrons. The zero-order valence-corrected chi connectivity index (χ0v) is 11.8. The fraction of sp³-hybridized carbons (Fsp3) is 0.538. The number of likely N-dealkylation sites (N-methyl/N-ethyl adjacent to an activating group) is 1. The summed E-state index contributed by atoms with van der Waals surface area (Å²) < 4.78 is 1.21. The van der Waals surface area contributed by atoms with E-state index < -0.39 is 0 Å². The Kier molecular flexibility index (Phi) is 3.01. The molecule has 3 nitrogen and oxygen atoms in total. The van der Waals surface area contributed by atoms with E-state index in [1.165, 1.54) is 21.4 Å². The molecule has 2 heterocycles. The van der Waals surface area contributed by atoms with Crippen LogP contribution in [0.2, 0.25) is 0 Å². The third-order valence-corrected chi connectivity index (χ3v) is 4.35. The number of fused-ring (bicyclic) bond motifs is 1. The number of nitrogens with zero attached hydrogens (tertiary/aromatic N) is 2. The molecule has 0 spiro atoms. The van der Waals surface area contributed by atoms with Crippen molar-refractivity contribution in [1.82, 2.24) is 4.90 Å². The van der Waals surface area contributed by atoms with E-state index in [-0.39, 0.29) is 0 Å². The first-order chi connectivity index (χ1) is 8.24. The summed E-state index contributed by atoms with van der Waals surface area (Å²) >= 11 is 3.68. The molecule has 1 saturated heterocycles. The molecule has 0 radical (unpaired) electrons. The Morgan fingerprint density at radius 3 is 2.71 bits per heavy atom. The summed E-state index contributed by atoms with van der Waals surface area (Å²) in [6, 6.07) is 4.61. The third-order valence-electron chi connectivity index (χ3n) is 3.72.